The Morgan fingerprint density at radius 3 is 2.58 bits per heavy atom. The van der Waals surface area contributed by atoms with E-state index >= 15 is 0 Å². The lowest BCUT2D eigenvalue weighted by Gasteiger charge is -2.28. The molecule has 1 aliphatic rings. The Bertz CT molecular complexity index is 634. The second-order valence-electron chi connectivity index (χ2n) is 6.70. The summed E-state index contributed by atoms with van der Waals surface area (Å²) < 4.78 is 0. The van der Waals surface area contributed by atoms with Gasteiger partial charge in [-0.2, -0.15) is 0 Å². The summed E-state index contributed by atoms with van der Waals surface area (Å²) >= 11 is 0. The standard InChI is InChI=1S/C19H26N2O5/c1-20(13-14-6-3-2-4-7-14)17(23)9-10-18(24)21-11-5-8-15(21)16(22)12-19(25)26/h2-4,6-7,15-16,22H,5,8-13H2,1H3,(H,25,26)/t15-,16-/m0/s1. The fourth-order valence-electron chi connectivity index (χ4n) is 3.31. The number of carbonyl (C=O) groups is 3. The van der Waals surface area contributed by atoms with E-state index in [0.717, 1.165) is 12.0 Å². The number of nitrogens with zero attached hydrogens (tertiary/aromatic N) is 2. The molecule has 1 fully saturated rings. The highest BCUT2D eigenvalue weighted by molar-refractivity contribution is 5.84. The number of aliphatic hydroxyl groups is 1. The molecule has 7 nitrogen and oxygen atoms in total. The number of hydrogen-bond donors (Lipinski definition) is 2. The lowest BCUT2D eigenvalue weighted by atomic mass is 10.1. The molecule has 1 aromatic rings. The highest BCUT2D eigenvalue weighted by Crippen LogP contribution is 2.23. The molecule has 1 heterocycles. The Morgan fingerprint density at radius 2 is 1.92 bits per heavy atom. The number of aliphatic carboxylic acids is 1. The fraction of sp³-hybridized carbons (Fsp3) is 0.526. The van der Waals surface area contributed by atoms with Gasteiger partial charge in [-0.05, 0) is 18.4 Å². The number of aliphatic hydroxyl groups excluding tert-OH is 1. The Kier molecular flexibility index (Phi) is 7.15. The van der Waals surface area contributed by atoms with Crippen molar-refractivity contribution in [1.29, 1.82) is 0 Å². The van der Waals surface area contributed by atoms with Crippen LogP contribution < -0.4 is 0 Å². The summed E-state index contributed by atoms with van der Waals surface area (Å²) in [6.07, 6.45) is 0.0224. The van der Waals surface area contributed by atoms with Crippen LogP contribution in [0.25, 0.3) is 0 Å². The van der Waals surface area contributed by atoms with Crippen molar-refractivity contribution in [2.45, 2.75) is 50.8 Å². The van der Waals surface area contributed by atoms with Gasteiger partial charge in [-0.1, -0.05) is 30.3 Å². The number of hydrogen-bond acceptors (Lipinski definition) is 4. The van der Waals surface area contributed by atoms with E-state index in [4.69, 9.17) is 5.11 Å². The molecule has 2 atom stereocenters. The van der Waals surface area contributed by atoms with Crippen LogP contribution >= 0.6 is 0 Å². The lowest BCUT2D eigenvalue weighted by Crippen LogP contribution is -2.43. The van der Waals surface area contributed by atoms with Gasteiger partial charge < -0.3 is 20.0 Å². The molecule has 0 unspecified atom stereocenters. The second kappa shape index (κ2) is 9.33. The van der Waals surface area contributed by atoms with Gasteiger partial charge in [-0.15, -0.1) is 0 Å². The monoisotopic (exact) mass is 362 g/mol. The van der Waals surface area contributed by atoms with Crippen molar-refractivity contribution < 1.29 is 24.6 Å². The predicted molar refractivity (Wildman–Crippen MR) is 95.1 cm³/mol. The van der Waals surface area contributed by atoms with Gasteiger partial charge >= 0.3 is 5.97 Å². The van der Waals surface area contributed by atoms with E-state index in [1.807, 2.05) is 30.3 Å². The van der Waals surface area contributed by atoms with Crippen LogP contribution in [0.2, 0.25) is 0 Å². The zero-order valence-electron chi connectivity index (χ0n) is 15.0. The van der Waals surface area contributed by atoms with Crippen molar-refractivity contribution in [2.24, 2.45) is 0 Å². The Morgan fingerprint density at radius 1 is 1.23 bits per heavy atom. The quantitative estimate of drug-likeness (QED) is 0.725. The van der Waals surface area contributed by atoms with Crippen LogP contribution in [-0.2, 0) is 20.9 Å². The van der Waals surface area contributed by atoms with Gasteiger partial charge in [0.2, 0.25) is 11.8 Å². The number of carboxylic acids is 1. The molecule has 2 N–H and O–H groups in total. The first-order valence-electron chi connectivity index (χ1n) is 8.85. The van der Waals surface area contributed by atoms with Gasteiger partial charge in [0.1, 0.15) is 0 Å². The largest absolute Gasteiger partial charge is 0.481 e. The molecule has 0 radical (unpaired) electrons. The molecular formula is C19H26N2O5. The average Bonchev–Trinajstić information content (AvgIpc) is 3.09. The zero-order valence-corrected chi connectivity index (χ0v) is 15.0. The zero-order chi connectivity index (χ0) is 19.1. The minimum absolute atomic E-state index is 0.0637. The van der Waals surface area contributed by atoms with Gasteiger partial charge in [-0.3, -0.25) is 14.4 Å². The van der Waals surface area contributed by atoms with Crippen LogP contribution in [0, 0.1) is 0 Å². The Hall–Kier alpha value is -2.41. The smallest absolute Gasteiger partial charge is 0.306 e. The minimum Gasteiger partial charge on any atom is -0.481 e. The summed E-state index contributed by atoms with van der Waals surface area (Å²) in [6.45, 7) is 0.978. The third-order valence-electron chi connectivity index (χ3n) is 4.69. The molecule has 2 amide bonds. The predicted octanol–water partition coefficient (Wildman–Crippen LogP) is 1.25. The summed E-state index contributed by atoms with van der Waals surface area (Å²) in [6, 6.07) is 9.13. The van der Waals surface area contributed by atoms with Crippen LogP contribution in [-0.4, -0.2) is 63.5 Å². The van der Waals surface area contributed by atoms with E-state index < -0.39 is 18.1 Å². The summed E-state index contributed by atoms with van der Waals surface area (Å²) in [5, 5.41) is 18.8. The molecule has 142 valence electrons. The molecule has 0 aliphatic carbocycles. The number of carboxylic acid groups (broad SMARTS) is 1. The third-order valence-corrected chi connectivity index (χ3v) is 4.69. The van der Waals surface area contributed by atoms with E-state index in [2.05, 4.69) is 0 Å². The van der Waals surface area contributed by atoms with Crippen LogP contribution in [0.5, 0.6) is 0 Å². The topological polar surface area (TPSA) is 98.2 Å². The maximum absolute atomic E-state index is 12.4. The molecule has 7 heteroatoms. The molecule has 26 heavy (non-hydrogen) atoms. The maximum Gasteiger partial charge on any atom is 0.306 e. The van der Waals surface area contributed by atoms with Crippen LogP contribution in [0.15, 0.2) is 30.3 Å². The molecule has 2 rings (SSSR count). The third kappa shape index (κ3) is 5.56. The summed E-state index contributed by atoms with van der Waals surface area (Å²) in [7, 11) is 1.70. The molecule has 1 aromatic carbocycles. The maximum atomic E-state index is 12.4. The van der Waals surface area contributed by atoms with Gasteiger partial charge in [0.25, 0.3) is 0 Å². The van der Waals surface area contributed by atoms with Gasteiger partial charge in [0.05, 0.1) is 18.6 Å². The molecule has 1 aliphatic heterocycles. The Labute approximate surface area is 153 Å². The number of likely N-dealkylation sites (tertiary alicyclic amines) is 1. The Balaban J connectivity index is 1.83. The van der Waals surface area contributed by atoms with Crippen molar-refractivity contribution in [2.75, 3.05) is 13.6 Å². The number of rotatable bonds is 8. The van der Waals surface area contributed by atoms with E-state index in [1.54, 1.807) is 11.9 Å². The van der Waals surface area contributed by atoms with Crippen LogP contribution in [0.1, 0.15) is 37.7 Å². The first-order valence-corrected chi connectivity index (χ1v) is 8.85. The number of carbonyl (C=O) groups excluding carboxylic acids is 2. The van der Waals surface area contributed by atoms with Gasteiger partial charge in [0.15, 0.2) is 0 Å². The van der Waals surface area contributed by atoms with Crippen molar-refractivity contribution in [3.8, 4) is 0 Å². The molecule has 1 saturated heterocycles. The average molecular weight is 362 g/mol. The second-order valence-corrected chi connectivity index (χ2v) is 6.70. The SMILES string of the molecule is CN(Cc1ccccc1)C(=O)CCC(=O)N1CCC[C@H]1[C@@H](O)CC(=O)O. The highest BCUT2D eigenvalue weighted by atomic mass is 16.4. The van der Waals surface area contributed by atoms with E-state index in [1.165, 1.54) is 4.90 Å². The van der Waals surface area contributed by atoms with Crippen LogP contribution in [0.4, 0.5) is 0 Å². The summed E-state index contributed by atoms with van der Waals surface area (Å²) in [5.41, 5.74) is 1.02. The molecule has 0 aromatic heterocycles. The van der Waals surface area contributed by atoms with E-state index in [-0.39, 0.29) is 31.1 Å². The van der Waals surface area contributed by atoms with Crippen molar-refractivity contribution in [3.05, 3.63) is 35.9 Å². The molecule has 0 saturated carbocycles. The van der Waals surface area contributed by atoms with E-state index in [0.29, 0.717) is 19.5 Å². The van der Waals surface area contributed by atoms with Crippen LogP contribution in [0.3, 0.4) is 0 Å². The summed E-state index contributed by atoms with van der Waals surface area (Å²) in [4.78, 5) is 38.6. The lowest BCUT2D eigenvalue weighted by molar-refractivity contribution is -0.143. The fourth-order valence-corrected chi connectivity index (χ4v) is 3.31. The van der Waals surface area contributed by atoms with Gasteiger partial charge in [0, 0.05) is 33.0 Å². The van der Waals surface area contributed by atoms with Crippen molar-refractivity contribution in [1.82, 2.24) is 9.80 Å². The van der Waals surface area contributed by atoms with Crippen molar-refractivity contribution >= 4 is 17.8 Å². The molecule has 0 spiro atoms. The minimum atomic E-state index is -1.09. The number of benzene rings is 1. The molecule has 0 bridgehead atoms. The summed E-state index contributed by atoms with van der Waals surface area (Å²) in [5.74, 6) is -1.42. The normalized spacial score (nSPS) is 17.8. The number of amides is 2. The first kappa shape index (κ1) is 19.9. The van der Waals surface area contributed by atoms with Gasteiger partial charge in [-0.25, -0.2) is 0 Å². The van der Waals surface area contributed by atoms with E-state index in [9.17, 15) is 19.5 Å². The van der Waals surface area contributed by atoms with Crippen molar-refractivity contribution in [3.63, 3.8) is 0 Å². The highest BCUT2D eigenvalue weighted by Gasteiger charge is 2.34. The first-order chi connectivity index (χ1) is 12.4. The molecular weight excluding hydrogens is 336 g/mol.